The molecule has 3 aromatic rings. The number of nitrogens with zero attached hydrogens (tertiary/aromatic N) is 1. The lowest BCUT2D eigenvalue weighted by atomic mass is 9.68. The van der Waals surface area contributed by atoms with Crippen LogP contribution >= 0.6 is 0 Å². The summed E-state index contributed by atoms with van der Waals surface area (Å²) in [5, 5.41) is 7.04. The van der Waals surface area contributed by atoms with Crippen molar-refractivity contribution in [2.24, 2.45) is 5.41 Å². The van der Waals surface area contributed by atoms with Crippen LogP contribution in [0.1, 0.15) is 34.8 Å². The molecule has 32 heavy (non-hydrogen) atoms. The van der Waals surface area contributed by atoms with Crippen LogP contribution in [0, 0.1) is 11.2 Å². The predicted molar refractivity (Wildman–Crippen MR) is 121 cm³/mol. The van der Waals surface area contributed by atoms with E-state index in [1.165, 1.54) is 12.1 Å². The molecule has 0 radical (unpaired) electrons. The Kier molecular flexibility index (Phi) is 5.43. The molecule has 0 unspecified atom stereocenters. The lowest BCUT2D eigenvalue weighted by Crippen LogP contribution is -2.47. The van der Waals surface area contributed by atoms with E-state index in [2.05, 4.69) is 20.5 Å². The lowest BCUT2D eigenvalue weighted by molar-refractivity contribution is -0.130. The molecule has 0 saturated carbocycles. The van der Waals surface area contributed by atoms with Gasteiger partial charge in [-0.05, 0) is 55.8 Å². The molecule has 7 heteroatoms. The summed E-state index contributed by atoms with van der Waals surface area (Å²) in [6.45, 7) is 3.49. The second-order valence-electron chi connectivity index (χ2n) is 8.84. The Bertz CT molecular complexity index is 1100. The second-order valence-corrected chi connectivity index (χ2v) is 8.84. The molecule has 2 amide bonds. The van der Waals surface area contributed by atoms with Crippen molar-refractivity contribution in [2.45, 2.75) is 18.8 Å². The van der Waals surface area contributed by atoms with Crippen molar-refractivity contribution in [1.82, 2.24) is 20.5 Å². The van der Waals surface area contributed by atoms with Crippen molar-refractivity contribution in [3.63, 3.8) is 0 Å². The number of para-hydroxylation sites is 1. The highest BCUT2D eigenvalue weighted by molar-refractivity contribution is 5.97. The molecule has 2 aromatic carbocycles. The van der Waals surface area contributed by atoms with Crippen LogP contribution in [0.25, 0.3) is 10.9 Å². The number of carbonyl (C=O) groups is 2. The van der Waals surface area contributed by atoms with Crippen LogP contribution < -0.4 is 10.6 Å². The van der Waals surface area contributed by atoms with Crippen LogP contribution in [-0.2, 0) is 4.79 Å². The Hall–Kier alpha value is -3.19. The first-order valence-corrected chi connectivity index (χ1v) is 11.2. The maximum Gasteiger partial charge on any atom is 0.267 e. The third-order valence-electron chi connectivity index (χ3n) is 7.09. The van der Waals surface area contributed by atoms with Gasteiger partial charge in [0.2, 0.25) is 5.91 Å². The third-order valence-corrected chi connectivity index (χ3v) is 7.09. The highest BCUT2D eigenvalue weighted by atomic mass is 19.1. The van der Waals surface area contributed by atoms with Gasteiger partial charge in [0.15, 0.2) is 0 Å². The monoisotopic (exact) mass is 434 g/mol. The molecule has 6 nitrogen and oxygen atoms in total. The Morgan fingerprint density at radius 2 is 1.88 bits per heavy atom. The van der Waals surface area contributed by atoms with Gasteiger partial charge < -0.3 is 20.5 Å². The van der Waals surface area contributed by atoms with Gasteiger partial charge in [-0.1, -0.05) is 30.3 Å². The van der Waals surface area contributed by atoms with Gasteiger partial charge in [0.1, 0.15) is 11.5 Å². The Morgan fingerprint density at radius 1 is 1.12 bits per heavy atom. The summed E-state index contributed by atoms with van der Waals surface area (Å²) in [4.78, 5) is 30.7. The van der Waals surface area contributed by atoms with Crippen LogP contribution in [0.4, 0.5) is 4.39 Å². The van der Waals surface area contributed by atoms with Gasteiger partial charge >= 0.3 is 0 Å². The van der Waals surface area contributed by atoms with Crippen LogP contribution in [0.5, 0.6) is 0 Å². The summed E-state index contributed by atoms with van der Waals surface area (Å²) in [6.07, 6.45) is 1.52. The molecule has 1 aromatic heterocycles. The number of benzene rings is 2. The van der Waals surface area contributed by atoms with Crippen molar-refractivity contribution in [2.75, 3.05) is 32.7 Å². The van der Waals surface area contributed by atoms with E-state index in [0.29, 0.717) is 18.8 Å². The van der Waals surface area contributed by atoms with E-state index in [1.807, 2.05) is 30.3 Å². The summed E-state index contributed by atoms with van der Waals surface area (Å²) in [7, 11) is 0. The van der Waals surface area contributed by atoms with Crippen molar-refractivity contribution >= 4 is 22.7 Å². The van der Waals surface area contributed by atoms with E-state index in [4.69, 9.17) is 0 Å². The summed E-state index contributed by atoms with van der Waals surface area (Å²) in [6, 6.07) is 16.2. The Labute approximate surface area is 186 Å². The molecular weight excluding hydrogens is 407 g/mol. The standard InChI is InChI=1S/C25H27FN4O2/c26-19-7-5-17(6-8-19)20-16-28-24(32)25(20)9-12-30(13-10-25)14-11-27-23(31)22-15-18-3-1-2-4-21(18)29-22/h1-8,15,20,29H,9-14,16H2,(H,27,31)(H,28,32)/t20-/m1/s1. The fourth-order valence-electron chi connectivity index (χ4n) is 5.23. The average molecular weight is 435 g/mol. The smallest absolute Gasteiger partial charge is 0.267 e. The molecule has 2 aliphatic heterocycles. The SMILES string of the molecule is O=C(NCCN1CCC2(CC1)C(=O)NC[C@@H]2c1ccc(F)cc1)c1cc2ccccc2[nH]1. The van der Waals surface area contributed by atoms with Gasteiger partial charge in [0.25, 0.3) is 5.91 Å². The number of fused-ring (bicyclic) bond motifs is 1. The zero-order valence-corrected chi connectivity index (χ0v) is 17.9. The molecular formula is C25H27FN4O2. The molecule has 2 fully saturated rings. The number of hydrogen-bond acceptors (Lipinski definition) is 3. The number of piperidine rings is 1. The normalized spacial score (nSPS) is 20.5. The van der Waals surface area contributed by atoms with Gasteiger partial charge in [-0.15, -0.1) is 0 Å². The van der Waals surface area contributed by atoms with E-state index in [9.17, 15) is 14.0 Å². The minimum absolute atomic E-state index is 0.0689. The molecule has 2 saturated heterocycles. The highest BCUT2D eigenvalue weighted by Gasteiger charge is 2.51. The number of amides is 2. The minimum Gasteiger partial charge on any atom is -0.355 e. The van der Waals surface area contributed by atoms with E-state index in [1.54, 1.807) is 12.1 Å². The number of hydrogen-bond donors (Lipinski definition) is 3. The highest BCUT2D eigenvalue weighted by Crippen LogP contribution is 2.47. The number of nitrogens with one attached hydrogen (secondary N) is 3. The predicted octanol–water partition coefficient (Wildman–Crippen LogP) is 3.03. The molecule has 1 spiro atoms. The van der Waals surface area contributed by atoms with Crippen LogP contribution in [-0.4, -0.2) is 54.4 Å². The maximum absolute atomic E-state index is 13.4. The summed E-state index contributed by atoms with van der Waals surface area (Å²) >= 11 is 0. The number of H-pyrrole nitrogens is 1. The van der Waals surface area contributed by atoms with Crippen molar-refractivity contribution in [1.29, 1.82) is 0 Å². The molecule has 2 aliphatic rings. The number of halogens is 1. The van der Waals surface area contributed by atoms with Gasteiger partial charge in [0, 0.05) is 36.5 Å². The summed E-state index contributed by atoms with van der Waals surface area (Å²) in [5.41, 5.74) is 2.10. The maximum atomic E-state index is 13.4. The fraction of sp³-hybridized carbons (Fsp3) is 0.360. The number of likely N-dealkylation sites (tertiary alicyclic amines) is 1. The second kappa shape index (κ2) is 8.39. The van der Waals surface area contributed by atoms with Crippen LogP contribution in [0.3, 0.4) is 0 Å². The van der Waals surface area contributed by atoms with E-state index in [-0.39, 0.29) is 23.5 Å². The quantitative estimate of drug-likeness (QED) is 0.578. The van der Waals surface area contributed by atoms with Gasteiger partial charge in [-0.25, -0.2) is 4.39 Å². The zero-order valence-electron chi connectivity index (χ0n) is 17.9. The summed E-state index contributed by atoms with van der Waals surface area (Å²) in [5.74, 6) is -0.191. The van der Waals surface area contributed by atoms with Crippen molar-refractivity contribution < 1.29 is 14.0 Å². The van der Waals surface area contributed by atoms with Gasteiger partial charge in [-0.3, -0.25) is 9.59 Å². The largest absolute Gasteiger partial charge is 0.355 e. The number of aromatic nitrogens is 1. The molecule has 5 rings (SSSR count). The molecule has 166 valence electrons. The first-order valence-electron chi connectivity index (χ1n) is 11.2. The zero-order chi connectivity index (χ0) is 22.1. The molecule has 0 bridgehead atoms. The average Bonchev–Trinajstić information content (AvgIpc) is 3.38. The van der Waals surface area contributed by atoms with Crippen molar-refractivity contribution in [3.8, 4) is 0 Å². The number of carbonyl (C=O) groups excluding carboxylic acids is 2. The summed E-state index contributed by atoms with van der Waals surface area (Å²) < 4.78 is 13.4. The molecule has 0 aliphatic carbocycles. The van der Waals surface area contributed by atoms with Gasteiger partial charge in [0.05, 0.1) is 5.41 Å². The molecule has 3 heterocycles. The first kappa shape index (κ1) is 20.7. The number of rotatable bonds is 5. The van der Waals surface area contributed by atoms with Crippen LogP contribution in [0.15, 0.2) is 54.6 Å². The van der Waals surface area contributed by atoms with E-state index in [0.717, 1.165) is 48.9 Å². The van der Waals surface area contributed by atoms with Gasteiger partial charge in [-0.2, -0.15) is 0 Å². The fourth-order valence-corrected chi connectivity index (χ4v) is 5.23. The van der Waals surface area contributed by atoms with E-state index < -0.39 is 5.41 Å². The molecule has 1 atom stereocenters. The Balaban J connectivity index is 1.16. The van der Waals surface area contributed by atoms with Crippen molar-refractivity contribution in [3.05, 3.63) is 71.7 Å². The Morgan fingerprint density at radius 3 is 2.62 bits per heavy atom. The van der Waals surface area contributed by atoms with E-state index >= 15 is 0 Å². The van der Waals surface area contributed by atoms with Crippen LogP contribution in [0.2, 0.25) is 0 Å². The first-order chi connectivity index (χ1) is 15.5. The number of aromatic amines is 1. The minimum atomic E-state index is -0.429. The third kappa shape index (κ3) is 3.77. The molecule has 3 N–H and O–H groups in total. The lowest BCUT2D eigenvalue weighted by Gasteiger charge is -2.41. The topological polar surface area (TPSA) is 77.2 Å².